The number of nitrogens with zero attached hydrogens (tertiary/aromatic N) is 6. The van der Waals surface area contributed by atoms with E-state index in [1.807, 2.05) is 51.8 Å². The number of esters is 1. The summed E-state index contributed by atoms with van der Waals surface area (Å²) in [7, 11) is 4.85. The van der Waals surface area contributed by atoms with Crippen LogP contribution in [-0.4, -0.2) is 64.1 Å². The van der Waals surface area contributed by atoms with Gasteiger partial charge in [-0.05, 0) is 45.4 Å². The van der Waals surface area contributed by atoms with Gasteiger partial charge in [-0.2, -0.15) is 10.1 Å². The van der Waals surface area contributed by atoms with Crippen LogP contribution in [-0.2, 0) is 16.0 Å². The number of carbonyl (C=O) groups is 1. The minimum Gasteiger partial charge on any atom is -0.464 e. The molecule has 0 radical (unpaired) electrons. The van der Waals surface area contributed by atoms with Crippen molar-refractivity contribution in [3.63, 3.8) is 0 Å². The molecule has 10 heteroatoms. The number of nitrogens with one attached hydrogen (secondary N) is 1. The second kappa shape index (κ2) is 9.25. The normalized spacial score (nSPS) is 12.3. The van der Waals surface area contributed by atoms with E-state index in [0.29, 0.717) is 35.2 Å². The van der Waals surface area contributed by atoms with E-state index in [4.69, 9.17) is 14.5 Å². The number of hydrogen-bond acceptors (Lipinski definition) is 9. The zero-order valence-electron chi connectivity index (χ0n) is 19.0. The highest BCUT2D eigenvalue weighted by molar-refractivity contribution is 6.03. The highest BCUT2D eigenvalue weighted by atomic mass is 16.5. The Morgan fingerprint density at radius 3 is 2.61 bits per heavy atom. The van der Waals surface area contributed by atoms with Gasteiger partial charge < -0.3 is 19.7 Å². The second-order valence-electron chi connectivity index (χ2n) is 7.69. The number of anilines is 3. The molecule has 1 atom stereocenters. The van der Waals surface area contributed by atoms with Crippen LogP contribution in [0.2, 0.25) is 0 Å². The van der Waals surface area contributed by atoms with E-state index in [2.05, 4.69) is 20.4 Å². The molecule has 0 amide bonds. The molecular formula is C21H29N7O3. The van der Waals surface area contributed by atoms with Gasteiger partial charge in [-0.25, -0.2) is 14.8 Å². The molecule has 0 spiro atoms. The molecule has 3 heterocycles. The van der Waals surface area contributed by atoms with Crippen molar-refractivity contribution >= 4 is 34.6 Å². The number of fused-ring (bicyclic) bond motifs is 1. The van der Waals surface area contributed by atoms with Crippen molar-refractivity contribution in [2.45, 2.75) is 46.4 Å². The molecule has 3 aromatic rings. The molecule has 0 aliphatic heterocycles. The Labute approximate surface area is 181 Å². The Hall–Kier alpha value is -3.27. The maximum absolute atomic E-state index is 12.5. The maximum Gasteiger partial charge on any atom is 0.360 e. The van der Waals surface area contributed by atoms with Gasteiger partial charge in [-0.3, -0.25) is 4.68 Å². The Bertz CT molecular complexity index is 1080. The number of ether oxygens (including phenoxy) is 2. The van der Waals surface area contributed by atoms with Crippen molar-refractivity contribution in [2.24, 2.45) is 0 Å². The lowest BCUT2D eigenvalue weighted by atomic mass is 10.3. The molecule has 31 heavy (non-hydrogen) atoms. The quantitative estimate of drug-likeness (QED) is 0.543. The molecule has 0 bridgehead atoms. The summed E-state index contributed by atoms with van der Waals surface area (Å²) in [4.78, 5) is 28.2. The first kappa shape index (κ1) is 22.4. The molecule has 0 aromatic carbocycles. The van der Waals surface area contributed by atoms with E-state index in [1.54, 1.807) is 18.0 Å². The monoisotopic (exact) mass is 427 g/mol. The molecule has 0 aliphatic rings. The van der Waals surface area contributed by atoms with Gasteiger partial charge >= 0.3 is 5.97 Å². The van der Waals surface area contributed by atoms with E-state index >= 15 is 0 Å². The van der Waals surface area contributed by atoms with Crippen molar-refractivity contribution < 1.29 is 14.3 Å². The minimum absolute atomic E-state index is 0.127. The number of carbonyl (C=O) groups excluding carboxylic acids is 1. The maximum atomic E-state index is 12.5. The molecule has 0 saturated carbocycles. The van der Waals surface area contributed by atoms with Crippen LogP contribution in [0.25, 0.3) is 11.0 Å². The van der Waals surface area contributed by atoms with Gasteiger partial charge in [-0.1, -0.05) is 0 Å². The van der Waals surface area contributed by atoms with Gasteiger partial charge in [0.1, 0.15) is 16.9 Å². The van der Waals surface area contributed by atoms with Crippen molar-refractivity contribution in [3.05, 3.63) is 29.6 Å². The van der Waals surface area contributed by atoms with Crippen LogP contribution < -0.4 is 10.2 Å². The Balaban J connectivity index is 2.27. The van der Waals surface area contributed by atoms with E-state index in [0.717, 1.165) is 5.56 Å². The molecule has 3 rings (SSSR count). The van der Waals surface area contributed by atoms with Crippen LogP contribution in [0.3, 0.4) is 0 Å². The Morgan fingerprint density at radius 1 is 1.26 bits per heavy atom. The van der Waals surface area contributed by atoms with Crippen LogP contribution in [0.4, 0.5) is 17.6 Å². The number of rotatable bonds is 8. The molecular weight excluding hydrogens is 398 g/mol. The van der Waals surface area contributed by atoms with Crippen molar-refractivity contribution in [1.82, 2.24) is 24.7 Å². The third-order valence-electron chi connectivity index (χ3n) is 5.04. The van der Waals surface area contributed by atoms with Crippen molar-refractivity contribution in [3.8, 4) is 0 Å². The lowest BCUT2D eigenvalue weighted by Crippen LogP contribution is -2.28. The first-order valence-corrected chi connectivity index (χ1v) is 10.1. The lowest BCUT2D eigenvalue weighted by Gasteiger charge is -2.22. The average Bonchev–Trinajstić information content (AvgIpc) is 3.10. The van der Waals surface area contributed by atoms with Crippen LogP contribution in [0.15, 0.2) is 18.3 Å². The summed E-state index contributed by atoms with van der Waals surface area (Å²) in [6.45, 7) is 8.38. The van der Waals surface area contributed by atoms with E-state index in [9.17, 15) is 4.79 Å². The summed E-state index contributed by atoms with van der Waals surface area (Å²) >= 11 is 0. The van der Waals surface area contributed by atoms with Crippen LogP contribution in [0.1, 0.15) is 36.8 Å². The van der Waals surface area contributed by atoms with Crippen molar-refractivity contribution in [1.29, 1.82) is 0 Å². The van der Waals surface area contributed by atoms with E-state index in [1.165, 1.54) is 7.11 Å². The minimum atomic E-state index is -0.565. The smallest absolute Gasteiger partial charge is 0.360 e. The summed E-state index contributed by atoms with van der Waals surface area (Å²) in [6, 6.07) is 3.98. The Kier molecular flexibility index (Phi) is 6.69. The molecule has 0 aliphatic carbocycles. The first-order valence-electron chi connectivity index (χ1n) is 10.1. The van der Waals surface area contributed by atoms with Gasteiger partial charge in [-0.15, -0.1) is 0 Å². The fourth-order valence-electron chi connectivity index (χ4n) is 2.96. The first-order chi connectivity index (χ1) is 14.7. The predicted molar refractivity (Wildman–Crippen MR) is 119 cm³/mol. The van der Waals surface area contributed by atoms with Crippen molar-refractivity contribution in [2.75, 3.05) is 31.5 Å². The highest BCUT2D eigenvalue weighted by Crippen LogP contribution is 2.29. The zero-order valence-corrected chi connectivity index (χ0v) is 19.0. The Morgan fingerprint density at radius 2 is 2.00 bits per heavy atom. The van der Waals surface area contributed by atoms with Gasteiger partial charge in [0.2, 0.25) is 5.95 Å². The SMILES string of the molecule is COC(=O)c1nn(C[C@H](C)OC)c2c(Nc3cc(C)ccn3)nc(N(C)C(C)C)nc12. The van der Waals surface area contributed by atoms with Gasteiger partial charge in [0, 0.05) is 26.4 Å². The van der Waals surface area contributed by atoms with Gasteiger partial charge in [0.05, 0.1) is 19.8 Å². The summed E-state index contributed by atoms with van der Waals surface area (Å²) < 4.78 is 12.0. The number of aryl methyl sites for hydroxylation is 1. The molecule has 0 fully saturated rings. The molecule has 0 unspecified atom stereocenters. The average molecular weight is 428 g/mol. The lowest BCUT2D eigenvalue weighted by molar-refractivity contribution is 0.0592. The zero-order chi connectivity index (χ0) is 22.7. The van der Waals surface area contributed by atoms with E-state index in [-0.39, 0.29) is 17.8 Å². The van der Waals surface area contributed by atoms with Gasteiger partial charge in [0.15, 0.2) is 11.5 Å². The summed E-state index contributed by atoms with van der Waals surface area (Å²) in [5, 5.41) is 7.78. The number of pyridine rings is 1. The third kappa shape index (κ3) is 4.74. The molecule has 0 saturated heterocycles. The molecule has 166 valence electrons. The molecule has 10 nitrogen and oxygen atoms in total. The second-order valence-corrected chi connectivity index (χ2v) is 7.69. The largest absolute Gasteiger partial charge is 0.464 e. The fraction of sp³-hybridized carbons (Fsp3) is 0.476. The van der Waals surface area contributed by atoms with Crippen LogP contribution >= 0.6 is 0 Å². The van der Waals surface area contributed by atoms with Gasteiger partial charge in [0.25, 0.3) is 0 Å². The fourth-order valence-corrected chi connectivity index (χ4v) is 2.96. The number of hydrogen-bond donors (Lipinski definition) is 1. The summed E-state index contributed by atoms with van der Waals surface area (Å²) in [5.41, 5.74) is 2.16. The number of methoxy groups -OCH3 is 2. The van der Waals surface area contributed by atoms with Crippen LogP contribution in [0, 0.1) is 6.92 Å². The summed E-state index contributed by atoms with van der Waals surface area (Å²) in [5.74, 6) is 1.02. The highest BCUT2D eigenvalue weighted by Gasteiger charge is 2.26. The van der Waals surface area contributed by atoms with Crippen LogP contribution in [0.5, 0.6) is 0 Å². The molecule has 3 aromatic heterocycles. The third-order valence-corrected chi connectivity index (χ3v) is 5.04. The number of aromatic nitrogens is 5. The summed E-state index contributed by atoms with van der Waals surface area (Å²) in [6.07, 6.45) is 1.58. The topological polar surface area (TPSA) is 107 Å². The molecule has 1 N–H and O–H groups in total. The standard InChI is InChI=1S/C21H29N7O3/c1-12(2)27(5)21-24-16-17(20(29)31-7)26-28(11-14(4)30-6)18(16)19(25-21)23-15-10-13(3)8-9-22-15/h8-10,12,14H,11H2,1-7H3,(H,22,23,24,25)/t14-/m0/s1. The predicted octanol–water partition coefficient (Wildman–Crippen LogP) is 2.94. The van der Waals surface area contributed by atoms with E-state index < -0.39 is 5.97 Å².